The van der Waals surface area contributed by atoms with Crippen LogP contribution in [0.5, 0.6) is 0 Å². The number of carbonyl (C=O) groups excluding carboxylic acids is 4. The van der Waals surface area contributed by atoms with E-state index in [1.165, 1.54) is 21.0 Å². The van der Waals surface area contributed by atoms with Gasteiger partial charge in [0.1, 0.15) is 18.3 Å². The molecular formula is C30H40F2N2O8. The minimum absolute atomic E-state index is 0.0112. The van der Waals surface area contributed by atoms with Gasteiger partial charge in [-0.05, 0) is 39.2 Å². The third kappa shape index (κ3) is 6.48. The number of hydrogen-bond acceptors (Lipinski definition) is 9. The molecule has 0 aliphatic carbocycles. The lowest BCUT2D eigenvalue weighted by Crippen LogP contribution is -2.54. The van der Waals surface area contributed by atoms with Crippen molar-refractivity contribution in [1.29, 1.82) is 0 Å². The van der Waals surface area contributed by atoms with Crippen molar-refractivity contribution in [2.75, 3.05) is 7.11 Å². The second-order valence-electron chi connectivity index (χ2n) is 12.0. The van der Waals surface area contributed by atoms with Gasteiger partial charge in [-0.2, -0.15) is 4.39 Å². The van der Waals surface area contributed by atoms with Crippen LogP contribution in [0.1, 0.15) is 59.9 Å². The van der Waals surface area contributed by atoms with Gasteiger partial charge in [0.15, 0.2) is 17.2 Å². The number of halogens is 2. The molecule has 2 N–H and O–H groups in total. The van der Waals surface area contributed by atoms with Gasteiger partial charge < -0.3 is 24.8 Å². The number of alkyl halides is 2. The molecule has 42 heavy (non-hydrogen) atoms. The van der Waals surface area contributed by atoms with Crippen LogP contribution < -0.4 is 5.73 Å². The van der Waals surface area contributed by atoms with Crippen molar-refractivity contribution in [1.82, 2.24) is 0 Å². The summed E-state index contributed by atoms with van der Waals surface area (Å²) in [6.45, 7) is 8.07. The average Bonchev–Trinajstić information content (AvgIpc) is 3.22. The van der Waals surface area contributed by atoms with E-state index < -0.39 is 70.5 Å². The van der Waals surface area contributed by atoms with E-state index in [0.29, 0.717) is 6.92 Å². The normalized spacial score (nSPS) is 38.7. The van der Waals surface area contributed by atoms with E-state index in [1.807, 2.05) is 6.07 Å². The standard InChI is InChI=1S/C30H40F2N2O8/c1-16-13-28(4,39-7)14-17(2)23(36)29(5,32)27(38)41-26(31)30(6)21(18(3)22(16)35)20(25(37)42-30)24(33)34-40-15-19-11-9-8-10-12-19/h8-12,16-18,20-21,26H,13-15H2,1-7H3,(H2,33,34)/t16-,17-,18-,20-,21+,26-,28-,29+,30-/m1/s1. The maximum atomic E-state index is 15.9. The first-order valence-electron chi connectivity index (χ1n) is 13.9. The largest absolute Gasteiger partial charge is 0.451 e. The highest BCUT2D eigenvalue weighted by molar-refractivity contribution is 6.07. The number of ketones is 2. The van der Waals surface area contributed by atoms with E-state index in [1.54, 1.807) is 38.1 Å². The molecule has 0 spiro atoms. The lowest BCUT2D eigenvalue weighted by molar-refractivity contribution is -0.211. The molecule has 3 rings (SSSR count). The van der Waals surface area contributed by atoms with Crippen LogP contribution in [0.2, 0.25) is 0 Å². The first-order valence-corrected chi connectivity index (χ1v) is 13.9. The number of benzene rings is 1. The zero-order chi connectivity index (χ0) is 31.6. The molecule has 0 unspecified atom stereocenters. The molecule has 2 fully saturated rings. The number of ether oxygens (including phenoxy) is 3. The van der Waals surface area contributed by atoms with Crippen molar-refractivity contribution >= 4 is 29.3 Å². The number of rotatable bonds is 5. The maximum absolute atomic E-state index is 15.9. The highest BCUT2D eigenvalue weighted by Crippen LogP contribution is 2.47. The zero-order valence-corrected chi connectivity index (χ0v) is 25.0. The van der Waals surface area contributed by atoms with Crippen LogP contribution >= 0.6 is 0 Å². The second-order valence-corrected chi connectivity index (χ2v) is 12.0. The molecular weight excluding hydrogens is 554 g/mol. The number of nitrogens with zero attached hydrogens (tertiary/aromatic N) is 1. The monoisotopic (exact) mass is 594 g/mol. The number of esters is 2. The van der Waals surface area contributed by atoms with E-state index in [-0.39, 0.29) is 31.1 Å². The van der Waals surface area contributed by atoms with Crippen LogP contribution in [0.25, 0.3) is 0 Å². The molecule has 0 amide bonds. The Labute approximate surface area is 244 Å². The number of methoxy groups -OCH3 is 1. The third-order valence-corrected chi connectivity index (χ3v) is 8.55. The first kappa shape index (κ1) is 33.1. The summed E-state index contributed by atoms with van der Waals surface area (Å²) in [6.07, 6.45) is -2.66. The zero-order valence-electron chi connectivity index (χ0n) is 25.0. The molecule has 1 aromatic carbocycles. The Morgan fingerprint density at radius 2 is 1.64 bits per heavy atom. The van der Waals surface area contributed by atoms with Gasteiger partial charge in [-0.1, -0.05) is 56.3 Å². The summed E-state index contributed by atoms with van der Waals surface area (Å²) < 4.78 is 47.4. The number of fused-ring (bicyclic) bond motifs is 1. The highest BCUT2D eigenvalue weighted by atomic mass is 19.2. The number of amidine groups is 1. The number of carbonyl (C=O) groups is 4. The van der Waals surface area contributed by atoms with E-state index in [0.717, 1.165) is 12.5 Å². The van der Waals surface area contributed by atoms with Gasteiger partial charge in [-0.3, -0.25) is 14.4 Å². The third-order valence-electron chi connectivity index (χ3n) is 8.55. The van der Waals surface area contributed by atoms with Crippen LogP contribution in [0.15, 0.2) is 35.5 Å². The van der Waals surface area contributed by atoms with Crippen LogP contribution in [0, 0.1) is 29.6 Å². The Bertz CT molecular complexity index is 1220. The summed E-state index contributed by atoms with van der Waals surface area (Å²) in [7, 11) is 1.40. The Kier molecular flexibility index (Phi) is 9.81. The molecule has 232 valence electrons. The van der Waals surface area contributed by atoms with Crippen molar-refractivity contribution in [3.63, 3.8) is 0 Å². The summed E-state index contributed by atoms with van der Waals surface area (Å²) in [5.74, 6) is -10.3. The average molecular weight is 595 g/mol. The molecule has 0 aromatic heterocycles. The minimum atomic E-state index is -3.21. The number of hydrogen-bond donors (Lipinski definition) is 1. The van der Waals surface area contributed by atoms with Crippen LogP contribution in [0.3, 0.4) is 0 Å². The Balaban J connectivity index is 2.06. The summed E-state index contributed by atoms with van der Waals surface area (Å²) in [6, 6.07) is 8.98. The second kappa shape index (κ2) is 12.4. The van der Waals surface area contributed by atoms with Gasteiger partial charge in [0.2, 0.25) is 0 Å². The highest BCUT2D eigenvalue weighted by Gasteiger charge is 2.64. The number of Topliss-reactive ketones (excluding diaryl/α,β-unsaturated/α-hetero) is 2. The number of nitrogens with two attached hydrogens (primary N) is 1. The van der Waals surface area contributed by atoms with E-state index in [9.17, 15) is 19.2 Å². The van der Waals surface area contributed by atoms with Crippen molar-refractivity contribution in [2.24, 2.45) is 40.5 Å². The van der Waals surface area contributed by atoms with Gasteiger partial charge in [-0.15, -0.1) is 0 Å². The molecule has 0 bridgehead atoms. The molecule has 1 aromatic rings. The van der Waals surface area contributed by atoms with Gasteiger partial charge in [0, 0.05) is 30.8 Å². The summed E-state index contributed by atoms with van der Waals surface area (Å²) in [5.41, 5.74) is 0.375. The van der Waals surface area contributed by atoms with E-state index in [2.05, 4.69) is 5.16 Å². The number of oxime groups is 1. The van der Waals surface area contributed by atoms with Gasteiger partial charge in [0.25, 0.3) is 12.0 Å². The van der Waals surface area contributed by atoms with Crippen molar-refractivity contribution in [3.05, 3.63) is 35.9 Å². The topological polar surface area (TPSA) is 144 Å². The minimum Gasteiger partial charge on any atom is -0.451 e. The Hall–Kier alpha value is -3.41. The van der Waals surface area contributed by atoms with Crippen molar-refractivity contribution in [2.45, 2.75) is 84.2 Å². The van der Waals surface area contributed by atoms with Crippen LogP contribution in [-0.2, 0) is 44.8 Å². The Morgan fingerprint density at radius 1 is 1.05 bits per heavy atom. The predicted octanol–water partition coefficient (Wildman–Crippen LogP) is 3.84. The summed E-state index contributed by atoms with van der Waals surface area (Å²) in [4.78, 5) is 58.2. The number of cyclic esters (lactones) is 1. The smallest absolute Gasteiger partial charge is 0.354 e. The molecule has 0 saturated carbocycles. The van der Waals surface area contributed by atoms with Gasteiger partial charge in [0.05, 0.1) is 5.60 Å². The fourth-order valence-corrected chi connectivity index (χ4v) is 6.17. The van der Waals surface area contributed by atoms with Crippen molar-refractivity contribution < 1.29 is 47.0 Å². The molecule has 10 nitrogen and oxygen atoms in total. The molecule has 2 saturated heterocycles. The first-order chi connectivity index (χ1) is 19.5. The van der Waals surface area contributed by atoms with E-state index in [4.69, 9.17) is 24.8 Å². The summed E-state index contributed by atoms with van der Waals surface area (Å²) in [5, 5.41) is 3.85. The molecule has 2 aliphatic rings. The fourth-order valence-electron chi connectivity index (χ4n) is 6.17. The van der Waals surface area contributed by atoms with Crippen LogP contribution in [0.4, 0.5) is 8.78 Å². The fraction of sp³-hybridized carbons (Fsp3) is 0.633. The molecule has 0 radical (unpaired) electrons. The Morgan fingerprint density at radius 3 is 2.24 bits per heavy atom. The molecule has 12 heteroatoms. The SMILES string of the molecule is CO[C@]1(C)C[C@@H](C)C(=O)[C@H](C)[C@H]2[C@H](/C(N)=N/OCc3ccccc3)C(=O)O[C@@]2(C)[C@H](F)OC(=O)[C@@](C)(F)C(=O)[C@H](C)C1. The maximum Gasteiger partial charge on any atom is 0.354 e. The predicted molar refractivity (Wildman–Crippen MR) is 147 cm³/mol. The van der Waals surface area contributed by atoms with Gasteiger partial charge >= 0.3 is 11.9 Å². The molecule has 2 heterocycles. The molecule has 2 aliphatic heterocycles. The quantitative estimate of drug-likeness (QED) is 0.177. The van der Waals surface area contributed by atoms with Crippen LogP contribution in [-0.4, -0.2) is 59.7 Å². The summed E-state index contributed by atoms with van der Waals surface area (Å²) >= 11 is 0. The lowest BCUT2D eigenvalue weighted by Gasteiger charge is -2.39. The van der Waals surface area contributed by atoms with E-state index >= 15 is 8.78 Å². The van der Waals surface area contributed by atoms with Gasteiger partial charge in [-0.25, -0.2) is 9.18 Å². The molecule has 9 atom stereocenters. The lowest BCUT2D eigenvalue weighted by atomic mass is 9.69. The van der Waals surface area contributed by atoms with Crippen molar-refractivity contribution in [3.8, 4) is 0 Å².